The first-order chi connectivity index (χ1) is 10.0. The molecule has 1 aromatic heterocycles. The van der Waals surface area contributed by atoms with Gasteiger partial charge in [-0.15, -0.1) is 0 Å². The van der Waals surface area contributed by atoms with Gasteiger partial charge in [-0.2, -0.15) is 4.98 Å². The van der Waals surface area contributed by atoms with Gasteiger partial charge in [0.15, 0.2) is 5.82 Å². The third kappa shape index (κ3) is 3.32. The highest BCUT2D eigenvalue weighted by Crippen LogP contribution is 2.25. The normalized spacial score (nSPS) is 10.2. The molecule has 0 radical (unpaired) electrons. The maximum absolute atomic E-state index is 12.0. The predicted octanol–water partition coefficient (Wildman–Crippen LogP) is 1.97. The molecule has 2 rings (SSSR count). The van der Waals surface area contributed by atoms with Crippen molar-refractivity contribution in [2.45, 2.75) is 13.8 Å². The molecule has 110 valence electrons. The summed E-state index contributed by atoms with van der Waals surface area (Å²) in [5, 5.41) is 19.7. The quantitative estimate of drug-likeness (QED) is 0.637. The largest absolute Gasteiger partial charge is 0.380 e. The number of hydrogen-bond acceptors (Lipinski definition) is 7. The minimum Gasteiger partial charge on any atom is -0.380 e. The fraction of sp³-hybridized carbons (Fsp3) is 0.250. The molecule has 0 unspecified atom stereocenters. The molecule has 9 heteroatoms. The highest BCUT2D eigenvalue weighted by Gasteiger charge is 2.17. The second-order valence-electron chi connectivity index (χ2n) is 4.12. The zero-order valence-electron chi connectivity index (χ0n) is 11.4. The topological polar surface area (TPSA) is 123 Å². The van der Waals surface area contributed by atoms with Gasteiger partial charge in [0.05, 0.1) is 4.92 Å². The predicted molar refractivity (Wildman–Crippen MR) is 74.2 cm³/mol. The van der Waals surface area contributed by atoms with Gasteiger partial charge in [0, 0.05) is 18.2 Å². The van der Waals surface area contributed by atoms with E-state index in [-0.39, 0.29) is 23.0 Å². The number of anilines is 2. The zero-order valence-corrected chi connectivity index (χ0v) is 11.4. The van der Waals surface area contributed by atoms with E-state index in [0.717, 1.165) is 0 Å². The molecule has 21 heavy (non-hydrogen) atoms. The lowest BCUT2D eigenvalue weighted by atomic mass is 10.1. The van der Waals surface area contributed by atoms with Gasteiger partial charge in [-0.3, -0.25) is 20.2 Å². The summed E-state index contributed by atoms with van der Waals surface area (Å²) >= 11 is 0. The van der Waals surface area contributed by atoms with Crippen LogP contribution in [-0.4, -0.2) is 27.5 Å². The fourth-order valence-electron chi connectivity index (χ4n) is 1.69. The molecule has 1 aromatic carbocycles. The van der Waals surface area contributed by atoms with Crippen molar-refractivity contribution < 1.29 is 14.2 Å². The highest BCUT2D eigenvalue weighted by atomic mass is 16.6. The van der Waals surface area contributed by atoms with Crippen LogP contribution >= 0.6 is 0 Å². The Kier molecular flexibility index (Phi) is 4.12. The van der Waals surface area contributed by atoms with Crippen LogP contribution in [0.4, 0.5) is 17.4 Å². The number of nitro benzene ring substituents is 1. The van der Waals surface area contributed by atoms with E-state index < -0.39 is 10.8 Å². The van der Waals surface area contributed by atoms with Crippen LogP contribution in [0.25, 0.3) is 0 Å². The van der Waals surface area contributed by atoms with Crippen molar-refractivity contribution in [1.82, 2.24) is 10.1 Å². The number of amides is 1. The lowest BCUT2D eigenvalue weighted by Gasteiger charge is -2.06. The lowest BCUT2D eigenvalue weighted by molar-refractivity contribution is -0.384. The van der Waals surface area contributed by atoms with Crippen molar-refractivity contribution in [3.8, 4) is 0 Å². The zero-order chi connectivity index (χ0) is 15.4. The summed E-state index contributed by atoms with van der Waals surface area (Å²) in [4.78, 5) is 26.3. The van der Waals surface area contributed by atoms with Gasteiger partial charge >= 0.3 is 6.01 Å². The molecule has 9 nitrogen and oxygen atoms in total. The number of carbonyl (C=O) groups is 1. The van der Waals surface area contributed by atoms with E-state index in [9.17, 15) is 14.9 Å². The number of aryl methyl sites for hydroxylation is 1. The number of nitro groups is 1. The Labute approximate surface area is 119 Å². The molecular formula is C12H13N5O4. The molecular weight excluding hydrogens is 278 g/mol. The summed E-state index contributed by atoms with van der Waals surface area (Å²) in [6.07, 6.45) is 0. The SMILES string of the molecule is CCNc1cc(C(=O)Nc2nc(C)no2)ccc1[N+](=O)[O-]. The van der Waals surface area contributed by atoms with Crippen molar-refractivity contribution in [2.24, 2.45) is 0 Å². The van der Waals surface area contributed by atoms with E-state index >= 15 is 0 Å². The van der Waals surface area contributed by atoms with Crippen molar-refractivity contribution in [3.63, 3.8) is 0 Å². The molecule has 0 aliphatic rings. The van der Waals surface area contributed by atoms with E-state index in [0.29, 0.717) is 12.4 Å². The van der Waals surface area contributed by atoms with Gasteiger partial charge in [0.2, 0.25) is 0 Å². The lowest BCUT2D eigenvalue weighted by Crippen LogP contribution is -2.13. The summed E-state index contributed by atoms with van der Waals surface area (Å²) in [6.45, 7) is 3.92. The third-order valence-corrected chi connectivity index (χ3v) is 2.57. The molecule has 0 bridgehead atoms. The van der Waals surface area contributed by atoms with Crippen molar-refractivity contribution in [2.75, 3.05) is 17.2 Å². The maximum Gasteiger partial charge on any atom is 0.328 e. The van der Waals surface area contributed by atoms with Crippen LogP contribution in [0.2, 0.25) is 0 Å². The second-order valence-corrected chi connectivity index (χ2v) is 4.12. The summed E-state index contributed by atoms with van der Waals surface area (Å²) in [5.41, 5.74) is 0.422. The number of rotatable bonds is 5. The van der Waals surface area contributed by atoms with Crippen LogP contribution in [0.5, 0.6) is 0 Å². The average molecular weight is 291 g/mol. The van der Waals surface area contributed by atoms with Crippen molar-refractivity contribution in [1.29, 1.82) is 0 Å². The van der Waals surface area contributed by atoms with E-state index in [1.54, 1.807) is 13.8 Å². The van der Waals surface area contributed by atoms with Crippen LogP contribution in [0, 0.1) is 17.0 Å². The first kappa shape index (κ1) is 14.4. The number of nitrogens with one attached hydrogen (secondary N) is 2. The van der Waals surface area contributed by atoms with E-state index in [4.69, 9.17) is 4.52 Å². The van der Waals surface area contributed by atoms with E-state index in [2.05, 4.69) is 20.8 Å². The Morgan fingerprint density at radius 3 is 2.81 bits per heavy atom. The molecule has 0 atom stereocenters. The van der Waals surface area contributed by atoms with Crippen molar-refractivity contribution in [3.05, 3.63) is 39.7 Å². The summed E-state index contributed by atoms with van der Waals surface area (Å²) in [6, 6.07) is 4.00. The number of hydrogen-bond donors (Lipinski definition) is 2. The number of aromatic nitrogens is 2. The number of carbonyl (C=O) groups excluding carboxylic acids is 1. The van der Waals surface area contributed by atoms with E-state index in [1.807, 2.05) is 0 Å². The maximum atomic E-state index is 12.0. The average Bonchev–Trinajstić information content (AvgIpc) is 2.84. The second kappa shape index (κ2) is 5.99. The standard InChI is InChI=1S/C12H13N5O4/c1-3-13-9-6-8(4-5-10(9)17(19)20)11(18)15-12-14-7(2)16-21-12/h4-6,13H,3H2,1-2H3,(H,14,15,16,18). The molecule has 0 saturated heterocycles. The summed E-state index contributed by atoms with van der Waals surface area (Å²) < 4.78 is 4.78. The van der Waals surface area contributed by atoms with Gasteiger partial charge in [0.1, 0.15) is 5.69 Å². The molecule has 1 heterocycles. The van der Waals surface area contributed by atoms with Crippen LogP contribution in [0.3, 0.4) is 0 Å². The first-order valence-corrected chi connectivity index (χ1v) is 6.15. The van der Waals surface area contributed by atoms with Gasteiger partial charge in [0.25, 0.3) is 11.6 Å². The summed E-state index contributed by atoms with van der Waals surface area (Å²) in [5.74, 6) is -0.102. The molecule has 2 N–H and O–H groups in total. The van der Waals surface area contributed by atoms with E-state index in [1.165, 1.54) is 18.2 Å². The molecule has 2 aromatic rings. The Morgan fingerprint density at radius 2 is 2.24 bits per heavy atom. The van der Waals surface area contributed by atoms with Crippen LogP contribution < -0.4 is 10.6 Å². The minimum atomic E-state index is -0.513. The Hall–Kier alpha value is -2.97. The number of benzene rings is 1. The molecule has 0 aliphatic heterocycles. The molecule has 0 saturated carbocycles. The van der Waals surface area contributed by atoms with Crippen LogP contribution in [0.15, 0.2) is 22.7 Å². The van der Waals surface area contributed by atoms with Gasteiger partial charge < -0.3 is 9.84 Å². The van der Waals surface area contributed by atoms with Crippen LogP contribution in [-0.2, 0) is 0 Å². The molecule has 0 spiro atoms. The Morgan fingerprint density at radius 1 is 1.48 bits per heavy atom. The van der Waals surface area contributed by atoms with Crippen molar-refractivity contribution >= 4 is 23.3 Å². The van der Waals surface area contributed by atoms with Gasteiger partial charge in [-0.25, -0.2) is 0 Å². The minimum absolute atomic E-state index is 0.0270. The van der Waals surface area contributed by atoms with Gasteiger partial charge in [-0.1, -0.05) is 5.16 Å². The third-order valence-electron chi connectivity index (χ3n) is 2.57. The highest BCUT2D eigenvalue weighted by molar-refractivity contribution is 6.04. The first-order valence-electron chi connectivity index (χ1n) is 6.15. The molecule has 0 aliphatic carbocycles. The molecule has 1 amide bonds. The van der Waals surface area contributed by atoms with Crippen LogP contribution in [0.1, 0.15) is 23.1 Å². The Balaban J connectivity index is 2.24. The smallest absolute Gasteiger partial charge is 0.328 e. The number of nitrogens with zero attached hydrogens (tertiary/aromatic N) is 3. The summed E-state index contributed by atoms with van der Waals surface area (Å²) in [7, 11) is 0. The molecule has 0 fully saturated rings. The monoisotopic (exact) mass is 291 g/mol. The Bertz CT molecular complexity index is 682. The van der Waals surface area contributed by atoms with Gasteiger partial charge in [-0.05, 0) is 26.0 Å². The fourth-order valence-corrected chi connectivity index (χ4v) is 1.69.